The second-order valence-corrected chi connectivity index (χ2v) is 19.1. The zero-order chi connectivity index (χ0) is 45.0. The van der Waals surface area contributed by atoms with E-state index in [9.17, 15) is 39.6 Å². The van der Waals surface area contributed by atoms with Crippen LogP contribution in [0, 0.1) is 35.5 Å². The molecule has 12 heteroatoms. The molecule has 0 radical (unpaired) electrons. The normalized spacial score (nSPS) is 41.0. The van der Waals surface area contributed by atoms with E-state index in [1.807, 2.05) is 65.0 Å². The maximum Gasteiger partial charge on any atom is 0.329 e. The Hall–Kier alpha value is -3.00. The molecule has 2 saturated heterocycles. The van der Waals surface area contributed by atoms with Crippen molar-refractivity contribution in [1.29, 1.82) is 0 Å². The number of carbonyl (C=O) groups excluding carboxylic acids is 4. The van der Waals surface area contributed by atoms with Crippen LogP contribution in [0.4, 0.5) is 0 Å². The molecule has 2 bridgehead atoms. The number of Topliss-reactive ketones (excluding diaryl/α,β-unsaturated/α-hetero) is 2. The number of fused-ring (bicyclic) bond motifs is 3. The summed E-state index contributed by atoms with van der Waals surface area (Å²) in [6.45, 7) is 13.3. The first kappa shape index (κ1) is 50.6. The number of aliphatic hydroxyl groups excluding tert-OH is 3. The molecule has 0 aromatic carbocycles. The predicted molar refractivity (Wildman–Crippen MR) is 234 cm³/mol. The van der Waals surface area contributed by atoms with Crippen LogP contribution in [-0.4, -0.2) is 111 Å². The Labute approximate surface area is 364 Å². The van der Waals surface area contributed by atoms with Crippen LogP contribution >= 0.6 is 0 Å². The maximum absolute atomic E-state index is 14.3. The minimum atomic E-state index is -1.79. The Morgan fingerprint density at radius 3 is 2.31 bits per heavy atom. The largest absolute Gasteiger partial charge is 0.460 e. The lowest BCUT2D eigenvalue weighted by atomic mass is 9.78. The third-order valence-electron chi connectivity index (χ3n) is 14.0. The molecule has 1 unspecified atom stereocenters. The van der Waals surface area contributed by atoms with Gasteiger partial charge in [-0.15, -0.1) is 0 Å². The first-order valence-corrected chi connectivity index (χ1v) is 23.0. The third-order valence-corrected chi connectivity index (χ3v) is 14.0. The van der Waals surface area contributed by atoms with E-state index in [0.29, 0.717) is 69.9 Å². The van der Waals surface area contributed by atoms with Crippen molar-refractivity contribution in [3.05, 3.63) is 47.6 Å². The summed E-state index contributed by atoms with van der Waals surface area (Å²) < 4.78 is 18.1. The van der Waals surface area contributed by atoms with Crippen LogP contribution < -0.4 is 0 Å². The first-order valence-electron chi connectivity index (χ1n) is 23.0. The molecular formula is C49H77NO11. The molecule has 3 heterocycles. The molecule has 1 saturated carbocycles. The SMILES string of the molecule is CO[C@H]1CC(C[C@@H](C)[C@@H]2CC(=O)[C@H](C)/C=C(\C)[C@@H](O)CC(=O)[C@H](C)C[C@H](C)/C=C/C=C/C=C(\C)[C@@H](O)C[C@@H]3CC[C@@H](C)[C@](O)(CC(=O)N4CCCC[C@H]4C(=O)O2)O3)CC[C@@H]1O. The van der Waals surface area contributed by atoms with Crippen LogP contribution in [0.2, 0.25) is 0 Å². The molecule has 0 spiro atoms. The topological polar surface area (TPSA) is 180 Å². The van der Waals surface area contributed by atoms with Gasteiger partial charge in [-0.05, 0) is 107 Å². The number of rotatable bonds is 4. The fourth-order valence-electron chi connectivity index (χ4n) is 9.60. The average molecular weight is 856 g/mol. The van der Waals surface area contributed by atoms with Crippen molar-refractivity contribution in [3.63, 3.8) is 0 Å². The Morgan fingerprint density at radius 2 is 1.59 bits per heavy atom. The van der Waals surface area contributed by atoms with Gasteiger partial charge in [0.25, 0.3) is 0 Å². The van der Waals surface area contributed by atoms with E-state index < -0.39 is 60.1 Å². The Bertz CT molecular complexity index is 1600. The summed E-state index contributed by atoms with van der Waals surface area (Å²) in [5.41, 5.74) is 1.24. The van der Waals surface area contributed by atoms with Gasteiger partial charge >= 0.3 is 5.97 Å². The van der Waals surface area contributed by atoms with Crippen LogP contribution in [0.5, 0.6) is 0 Å². The number of hydrogen-bond donors (Lipinski definition) is 4. The lowest BCUT2D eigenvalue weighted by molar-refractivity contribution is -0.283. The highest BCUT2D eigenvalue weighted by Crippen LogP contribution is 2.38. The molecule has 1 aliphatic carbocycles. The molecule has 4 N–H and O–H groups in total. The van der Waals surface area contributed by atoms with E-state index in [0.717, 1.165) is 12.0 Å². The molecule has 12 nitrogen and oxygen atoms in total. The summed E-state index contributed by atoms with van der Waals surface area (Å²) in [5.74, 6) is -4.33. The Morgan fingerprint density at radius 1 is 0.852 bits per heavy atom. The van der Waals surface area contributed by atoms with Crippen molar-refractivity contribution in [3.8, 4) is 0 Å². The molecule has 3 fully saturated rings. The van der Waals surface area contributed by atoms with Crippen molar-refractivity contribution in [2.75, 3.05) is 13.7 Å². The number of cyclic esters (lactones) is 1. The van der Waals surface area contributed by atoms with Gasteiger partial charge in [-0.1, -0.05) is 71.1 Å². The van der Waals surface area contributed by atoms with E-state index in [2.05, 4.69) is 0 Å². The molecule has 4 aliphatic rings. The molecular weight excluding hydrogens is 779 g/mol. The van der Waals surface area contributed by atoms with E-state index in [1.165, 1.54) is 4.90 Å². The van der Waals surface area contributed by atoms with Crippen LogP contribution in [0.3, 0.4) is 0 Å². The molecule has 344 valence electrons. The van der Waals surface area contributed by atoms with Gasteiger partial charge in [0.05, 0.1) is 36.9 Å². The van der Waals surface area contributed by atoms with Gasteiger partial charge < -0.3 is 39.5 Å². The summed E-state index contributed by atoms with van der Waals surface area (Å²) in [5, 5.41) is 44.5. The van der Waals surface area contributed by atoms with Crippen molar-refractivity contribution >= 4 is 23.4 Å². The standard InChI is InChI=1S/C49H77NO11/c1-30-14-10-9-11-15-31(2)41(52)26-38-19-17-36(7)49(58,61-38)29-47(56)50-21-13-12-16-39(50)48(57)60-45(35(6)24-37-18-20-40(51)46(25-37)59-8)28-44(55)34(5)23-33(4)43(54)27-42(53)32(3)22-30/h9-11,14-15,23,30,32,34-41,43,45-46,51-52,54,58H,12-13,16-22,24-29H2,1-8H3/b11-9+,14-10+,31-15+,33-23+/t30-,32-,34-,35-,36-,37?,38+,39+,40+,41+,43+,45+,46+,49+/m1/s1. The first-order chi connectivity index (χ1) is 28.8. The summed E-state index contributed by atoms with van der Waals surface area (Å²) in [6.07, 6.45) is 13.0. The maximum atomic E-state index is 14.3. The second kappa shape index (κ2) is 23.6. The van der Waals surface area contributed by atoms with Gasteiger partial charge in [0.1, 0.15) is 23.7 Å². The van der Waals surface area contributed by atoms with Gasteiger partial charge in [-0.2, -0.15) is 0 Å². The number of methoxy groups -OCH3 is 1. The monoisotopic (exact) mass is 856 g/mol. The number of ketones is 2. The van der Waals surface area contributed by atoms with Crippen molar-refractivity contribution < 1.29 is 53.8 Å². The number of allylic oxidation sites excluding steroid dienone is 6. The van der Waals surface area contributed by atoms with Crippen LogP contribution in [0.1, 0.15) is 138 Å². The summed E-state index contributed by atoms with van der Waals surface area (Å²) >= 11 is 0. The number of aliphatic hydroxyl groups is 4. The average Bonchev–Trinajstić information content (AvgIpc) is 3.21. The number of nitrogens with zero attached hydrogens (tertiary/aromatic N) is 1. The number of carbonyl (C=O) groups is 4. The highest BCUT2D eigenvalue weighted by Gasteiger charge is 2.46. The van der Waals surface area contributed by atoms with Crippen molar-refractivity contribution in [1.82, 2.24) is 4.90 Å². The molecule has 61 heavy (non-hydrogen) atoms. The molecule has 4 rings (SSSR count). The van der Waals surface area contributed by atoms with Gasteiger partial charge in [-0.3, -0.25) is 14.4 Å². The number of esters is 1. The minimum absolute atomic E-state index is 0.0663. The molecule has 1 amide bonds. The zero-order valence-electron chi connectivity index (χ0n) is 38.2. The molecule has 0 aromatic heterocycles. The Balaban J connectivity index is 1.63. The number of hydrogen-bond acceptors (Lipinski definition) is 11. The minimum Gasteiger partial charge on any atom is -0.460 e. The zero-order valence-corrected chi connectivity index (χ0v) is 38.2. The molecule has 14 atom stereocenters. The van der Waals surface area contributed by atoms with Gasteiger partial charge in [0, 0.05) is 50.7 Å². The quantitative estimate of drug-likeness (QED) is 0.174. The fourth-order valence-corrected chi connectivity index (χ4v) is 9.60. The second-order valence-electron chi connectivity index (χ2n) is 19.1. The van der Waals surface area contributed by atoms with Crippen LogP contribution in [0.25, 0.3) is 0 Å². The van der Waals surface area contributed by atoms with Crippen molar-refractivity contribution in [2.24, 2.45) is 35.5 Å². The highest BCUT2D eigenvalue weighted by molar-refractivity contribution is 5.86. The van der Waals surface area contributed by atoms with Crippen LogP contribution in [-0.2, 0) is 33.4 Å². The summed E-state index contributed by atoms with van der Waals surface area (Å²) in [6, 6.07) is -0.904. The summed E-state index contributed by atoms with van der Waals surface area (Å²) in [7, 11) is 1.59. The van der Waals surface area contributed by atoms with Gasteiger partial charge in [0.15, 0.2) is 5.79 Å². The van der Waals surface area contributed by atoms with Gasteiger partial charge in [-0.25, -0.2) is 4.79 Å². The third kappa shape index (κ3) is 14.8. The van der Waals surface area contributed by atoms with Crippen LogP contribution in [0.15, 0.2) is 47.6 Å². The molecule has 0 aromatic rings. The lowest BCUT2D eigenvalue weighted by Crippen LogP contribution is -2.54. The fraction of sp³-hybridized carbons (Fsp3) is 0.755. The van der Waals surface area contributed by atoms with Crippen molar-refractivity contribution in [2.45, 2.75) is 187 Å². The highest BCUT2D eigenvalue weighted by atomic mass is 16.6. The Kier molecular flexibility index (Phi) is 19.6. The predicted octanol–water partition coefficient (Wildman–Crippen LogP) is 6.72. The number of amides is 1. The molecule has 3 aliphatic heterocycles. The number of piperidine rings is 1. The lowest BCUT2D eigenvalue weighted by Gasteiger charge is -2.44. The smallest absolute Gasteiger partial charge is 0.329 e. The summed E-state index contributed by atoms with van der Waals surface area (Å²) in [4.78, 5) is 57.1. The van der Waals surface area contributed by atoms with E-state index in [4.69, 9.17) is 14.2 Å². The van der Waals surface area contributed by atoms with E-state index in [1.54, 1.807) is 27.0 Å². The van der Waals surface area contributed by atoms with Gasteiger partial charge in [0.2, 0.25) is 5.91 Å². The number of ether oxygens (including phenoxy) is 3. The van der Waals surface area contributed by atoms with E-state index in [-0.39, 0.29) is 72.9 Å². The van der Waals surface area contributed by atoms with E-state index >= 15 is 0 Å².